The molecule has 0 fully saturated rings. The molecule has 0 aliphatic heterocycles. The van der Waals surface area contributed by atoms with Crippen molar-refractivity contribution in [3.8, 4) is 0 Å². The Morgan fingerprint density at radius 1 is 1.58 bits per heavy atom. The van der Waals surface area contributed by atoms with Gasteiger partial charge in [-0.25, -0.2) is 8.42 Å². The number of sulfonamides is 1. The van der Waals surface area contributed by atoms with E-state index in [2.05, 4.69) is 11.9 Å². The van der Waals surface area contributed by atoms with Gasteiger partial charge in [0, 0.05) is 19.6 Å². The molecule has 0 unspecified atom stereocenters. The quantitative estimate of drug-likeness (QED) is 0.669. The van der Waals surface area contributed by atoms with Gasteiger partial charge in [-0.05, 0) is 23.6 Å². The van der Waals surface area contributed by atoms with E-state index in [1.54, 1.807) is 6.07 Å². The van der Waals surface area contributed by atoms with Crippen molar-refractivity contribution in [1.29, 1.82) is 0 Å². The molecule has 2 N–H and O–H groups in total. The minimum absolute atomic E-state index is 0.0782. The Hall–Kier alpha value is -0.730. The molecule has 0 aliphatic rings. The molecule has 0 aromatic carbocycles. The first-order valence-corrected chi connectivity index (χ1v) is 8.38. The van der Waals surface area contributed by atoms with Gasteiger partial charge in [-0.15, -0.1) is 17.9 Å². The van der Waals surface area contributed by atoms with Crippen molar-refractivity contribution < 1.29 is 13.5 Å². The molecule has 108 valence electrons. The fourth-order valence-corrected chi connectivity index (χ4v) is 4.31. The van der Waals surface area contributed by atoms with Crippen molar-refractivity contribution in [2.75, 3.05) is 26.2 Å². The van der Waals surface area contributed by atoms with Crippen LogP contribution in [0.25, 0.3) is 0 Å². The van der Waals surface area contributed by atoms with Crippen LogP contribution in [0.5, 0.6) is 0 Å². The molecule has 0 bridgehead atoms. The van der Waals surface area contributed by atoms with Gasteiger partial charge in [0.1, 0.15) is 4.21 Å². The van der Waals surface area contributed by atoms with E-state index in [1.165, 1.54) is 21.7 Å². The standard InChI is InChI=1S/C12H20N2O3S2/c1-3-5-14(6-7-15)19(16,17)12-8-11(10-18-12)9-13-4-2/h3,8,10,13,15H,1,4-7,9H2,2H3. The van der Waals surface area contributed by atoms with Crippen LogP contribution in [0.15, 0.2) is 28.3 Å². The van der Waals surface area contributed by atoms with E-state index in [4.69, 9.17) is 5.11 Å². The molecule has 7 heteroatoms. The Bertz CT molecular complexity index is 497. The number of aliphatic hydroxyl groups excluding tert-OH is 1. The maximum absolute atomic E-state index is 12.4. The van der Waals surface area contributed by atoms with Crippen LogP contribution in [-0.4, -0.2) is 44.1 Å². The monoisotopic (exact) mass is 304 g/mol. The summed E-state index contributed by atoms with van der Waals surface area (Å²) >= 11 is 1.20. The van der Waals surface area contributed by atoms with Gasteiger partial charge < -0.3 is 10.4 Å². The van der Waals surface area contributed by atoms with E-state index in [1.807, 2.05) is 12.3 Å². The summed E-state index contributed by atoms with van der Waals surface area (Å²) in [6, 6.07) is 1.68. The lowest BCUT2D eigenvalue weighted by Gasteiger charge is -2.18. The van der Waals surface area contributed by atoms with Gasteiger partial charge in [-0.2, -0.15) is 4.31 Å². The predicted molar refractivity (Wildman–Crippen MR) is 77.7 cm³/mol. The highest BCUT2D eigenvalue weighted by molar-refractivity contribution is 7.91. The third-order valence-electron chi connectivity index (χ3n) is 2.49. The molecule has 1 heterocycles. The minimum atomic E-state index is -3.54. The summed E-state index contributed by atoms with van der Waals surface area (Å²) in [5.41, 5.74) is 0.952. The van der Waals surface area contributed by atoms with Crippen LogP contribution in [0.2, 0.25) is 0 Å². The first-order valence-electron chi connectivity index (χ1n) is 6.06. The maximum atomic E-state index is 12.4. The zero-order chi connectivity index (χ0) is 14.3. The number of hydrogen-bond acceptors (Lipinski definition) is 5. The predicted octanol–water partition coefficient (Wildman–Crippen LogP) is 1.03. The Morgan fingerprint density at radius 3 is 2.89 bits per heavy atom. The number of hydrogen-bond donors (Lipinski definition) is 2. The summed E-state index contributed by atoms with van der Waals surface area (Å²) in [6.45, 7) is 7.10. The lowest BCUT2D eigenvalue weighted by molar-refractivity contribution is 0.260. The summed E-state index contributed by atoms with van der Waals surface area (Å²) in [6.07, 6.45) is 1.51. The summed E-state index contributed by atoms with van der Waals surface area (Å²) < 4.78 is 26.2. The van der Waals surface area contributed by atoms with E-state index >= 15 is 0 Å². The third-order valence-corrected chi connectivity index (χ3v) is 5.81. The summed E-state index contributed by atoms with van der Waals surface area (Å²) in [5.74, 6) is 0. The maximum Gasteiger partial charge on any atom is 0.252 e. The fraction of sp³-hybridized carbons (Fsp3) is 0.500. The van der Waals surface area contributed by atoms with Crippen LogP contribution in [0.3, 0.4) is 0 Å². The number of thiophene rings is 1. The highest BCUT2D eigenvalue weighted by Gasteiger charge is 2.24. The number of nitrogens with one attached hydrogen (secondary N) is 1. The Kier molecular flexibility index (Phi) is 6.67. The van der Waals surface area contributed by atoms with Crippen LogP contribution in [-0.2, 0) is 16.6 Å². The largest absolute Gasteiger partial charge is 0.395 e. The van der Waals surface area contributed by atoms with Crippen LogP contribution >= 0.6 is 11.3 Å². The van der Waals surface area contributed by atoms with Gasteiger partial charge in [0.25, 0.3) is 10.0 Å². The van der Waals surface area contributed by atoms with Crippen molar-refractivity contribution in [2.45, 2.75) is 17.7 Å². The van der Waals surface area contributed by atoms with E-state index in [-0.39, 0.29) is 19.7 Å². The zero-order valence-corrected chi connectivity index (χ0v) is 12.6. The molecule has 0 radical (unpaired) electrons. The average Bonchev–Trinajstić information content (AvgIpc) is 2.85. The third kappa shape index (κ3) is 4.39. The number of aliphatic hydroxyl groups is 1. The molecular weight excluding hydrogens is 284 g/mol. The molecule has 1 aromatic heterocycles. The highest BCUT2D eigenvalue weighted by atomic mass is 32.2. The van der Waals surface area contributed by atoms with Crippen molar-refractivity contribution in [1.82, 2.24) is 9.62 Å². The van der Waals surface area contributed by atoms with E-state index in [0.717, 1.165) is 12.1 Å². The van der Waals surface area contributed by atoms with E-state index in [9.17, 15) is 8.42 Å². The molecule has 1 aromatic rings. The SMILES string of the molecule is C=CCN(CCO)S(=O)(=O)c1cc(CNCC)cs1. The van der Waals surface area contributed by atoms with Gasteiger partial charge in [-0.1, -0.05) is 13.0 Å². The van der Waals surface area contributed by atoms with E-state index < -0.39 is 10.0 Å². The summed E-state index contributed by atoms with van der Waals surface area (Å²) in [5, 5.41) is 13.9. The average molecular weight is 304 g/mol. The molecule has 0 saturated heterocycles. The molecule has 5 nitrogen and oxygen atoms in total. The zero-order valence-electron chi connectivity index (χ0n) is 11.0. The van der Waals surface area contributed by atoms with Gasteiger partial charge in [0.15, 0.2) is 0 Å². The van der Waals surface area contributed by atoms with Crippen molar-refractivity contribution in [2.24, 2.45) is 0 Å². The van der Waals surface area contributed by atoms with Crippen LogP contribution in [0, 0.1) is 0 Å². The van der Waals surface area contributed by atoms with Crippen LogP contribution in [0.4, 0.5) is 0 Å². The second-order valence-corrected chi connectivity index (χ2v) is 7.01. The van der Waals surface area contributed by atoms with Gasteiger partial charge in [-0.3, -0.25) is 0 Å². The summed E-state index contributed by atoms with van der Waals surface area (Å²) in [4.78, 5) is 0. The molecule has 0 atom stereocenters. The Balaban J connectivity index is 2.90. The first kappa shape index (κ1) is 16.3. The highest BCUT2D eigenvalue weighted by Crippen LogP contribution is 2.23. The van der Waals surface area contributed by atoms with Crippen molar-refractivity contribution in [3.63, 3.8) is 0 Å². The molecular formula is C12H20N2O3S2. The molecule has 0 aliphatic carbocycles. The molecule has 1 rings (SSSR count). The Labute approximate surface area is 118 Å². The lowest BCUT2D eigenvalue weighted by atomic mass is 10.3. The van der Waals surface area contributed by atoms with E-state index in [0.29, 0.717) is 10.8 Å². The molecule has 0 spiro atoms. The second-order valence-electron chi connectivity index (χ2n) is 3.93. The second kappa shape index (κ2) is 7.76. The van der Waals surface area contributed by atoms with Gasteiger partial charge in [0.05, 0.1) is 6.61 Å². The van der Waals surface area contributed by atoms with Gasteiger partial charge in [0.2, 0.25) is 0 Å². The van der Waals surface area contributed by atoms with Crippen molar-refractivity contribution >= 4 is 21.4 Å². The van der Waals surface area contributed by atoms with Crippen LogP contribution < -0.4 is 5.32 Å². The number of rotatable bonds is 9. The van der Waals surface area contributed by atoms with Gasteiger partial charge >= 0.3 is 0 Å². The smallest absolute Gasteiger partial charge is 0.252 e. The summed E-state index contributed by atoms with van der Waals surface area (Å²) in [7, 11) is -3.54. The topological polar surface area (TPSA) is 69.6 Å². The Morgan fingerprint density at radius 2 is 2.32 bits per heavy atom. The molecule has 0 amide bonds. The first-order chi connectivity index (χ1) is 9.06. The molecule has 0 saturated carbocycles. The fourth-order valence-electron chi connectivity index (χ4n) is 1.54. The molecule has 19 heavy (non-hydrogen) atoms. The normalized spacial score (nSPS) is 11.9. The lowest BCUT2D eigenvalue weighted by Crippen LogP contribution is -2.33. The minimum Gasteiger partial charge on any atom is -0.395 e. The van der Waals surface area contributed by atoms with Crippen LogP contribution in [0.1, 0.15) is 12.5 Å². The van der Waals surface area contributed by atoms with Crippen molar-refractivity contribution in [3.05, 3.63) is 29.7 Å². The number of nitrogens with zero attached hydrogens (tertiary/aromatic N) is 1.